The highest BCUT2D eigenvalue weighted by atomic mass is 16.5. The number of aliphatic hydroxyl groups excluding tert-OH is 1. The fourth-order valence-electron chi connectivity index (χ4n) is 4.47. The van der Waals surface area contributed by atoms with Crippen molar-refractivity contribution in [3.8, 4) is 11.4 Å². The van der Waals surface area contributed by atoms with E-state index in [1.54, 1.807) is 19.4 Å². The Morgan fingerprint density at radius 3 is 2.54 bits per heavy atom. The van der Waals surface area contributed by atoms with Gasteiger partial charge in [0.05, 0.1) is 0 Å². The standard InChI is InChI=1S/C26H33N5O4/c1-17(2)18-5-7-20(8-6-18)26(34,25(3)15-28-16-25)21-11-19(12-27-13-21)24-29-22(35-30-24)9-10-31(4)23(33)14-32/h5-8,11-13,17,28,32,34H,9-10,14-16H2,1-4H3/t26-/m0/s1. The van der Waals surface area contributed by atoms with Gasteiger partial charge in [0.1, 0.15) is 12.2 Å². The Hall–Kier alpha value is -3.14. The molecule has 1 aliphatic heterocycles. The molecule has 35 heavy (non-hydrogen) atoms. The van der Waals surface area contributed by atoms with E-state index in [2.05, 4.69) is 53.3 Å². The zero-order chi connectivity index (χ0) is 25.2. The van der Waals surface area contributed by atoms with Gasteiger partial charge in [0.2, 0.25) is 17.6 Å². The molecule has 1 fully saturated rings. The van der Waals surface area contributed by atoms with E-state index in [9.17, 15) is 9.90 Å². The predicted octanol–water partition coefficient (Wildman–Crippen LogP) is 2.09. The molecule has 0 radical (unpaired) electrons. The van der Waals surface area contributed by atoms with Gasteiger partial charge >= 0.3 is 0 Å². The van der Waals surface area contributed by atoms with Gasteiger partial charge in [-0.05, 0) is 23.1 Å². The van der Waals surface area contributed by atoms with Crippen molar-refractivity contribution in [2.75, 3.05) is 33.3 Å². The maximum atomic E-state index is 12.3. The third kappa shape index (κ3) is 4.71. The lowest BCUT2D eigenvalue weighted by atomic mass is 9.63. The van der Waals surface area contributed by atoms with Gasteiger partial charge in [0.15, 0.2) is 0 Å². The fourth-order valence-corrected chi connectivity index (χ4v) is 4.47. The smallest absolute Gasteiger partial charge is 0.248 e. The summed E-state index contributed by atoms with van der Waals surface area (Å²) < 4.78 is 5.37. The zero-order valence-corrected chi connectivity index (χ0v) is 20.7. The van der Waals surface area contributed by atoms with Crippen molar-refractivity contribution in [2.45, 2.75) is 38.7 Å². The molecular formula is C26H33N5O4. The largest absolute Gasteiger partial charge is 0.387 e. The van der Waals surface area contributed by atoms with Crippen molar-refractivity contribution in [1.29, 1.82) is 0 Å². The van der Waals surface area contributed by atoms with Crippen molar-refractivity contribution in [3.05, 3.63) is 65.3 Å². The van der Waals surface area contributed by atoms with E-state index in [0.29, 0.717) is 54.8 Å². The highest BCUT2D eigenvalue weighted by molar-refractivity contribution is 5.76. The third-order valence-electron chi connectivity index (χ3n) is 7.00. The summed E-state index contributed by atoms with van der Waals surface area (Å²) >= 11 is 0. The maximum Gasteiger partial charge on any atom is 0.248 e. The number of carbonyl (C=O) groups is 1. The van der Waals surface area contributed by atoms with Gasteiger partial charge in [0, 0.05) is 62.0 Å². The summed E-state index contributed by atoms with van der Waals surface area (Å²) in [7, 11) is 1.60. The van der Waals surface area contributed by atoms with Crippen molar-refractivity contribution in [3.63, 3.8) is 0 Å². The van der Waals surface area contributed by atoms with Crippen LogP contribution < -0.4 is 5.32 Å². The Kier molecular flexibility index (Phi) is 7.02. The molecule has 9 heteroatoms. The molecule has 0 spiro atoms. The van der Waals surface area contributed by atoms with Gasteiger partial charge in [-0.15, -0.1) is 0 Å². The summed E-state index contributed by atoms with van der Waals surface area (Å²) in [4.78, 5) is 21.8. The number of rotatable bonds is 9. The molecule has 0 aliphatic carbocycles. The average Bonchev–Trinajstić information content (AvgIpc) is 3.34. The minimum Gasteiger partial charge on any atom is -0.387 e. The first-order chi connectivity index (χ1) is 16.7. The van der Waals surface area contributed by atoms with E-state index in [-0.39, 0.29) is 5.91 Å². The lowest BCUT2D eigenvalue weighted by Gasteiger charge is -2.52. The van der Waals surface area contributed by atoms with Crippen molar-refractivity contribution < 1.29 is 19.5 Å². The Balaban J connectivity index is 1.64. The molecule has 1 atom stereocenters. The van der Waals surface area contributed by atoms with Crippen LogP contribution in [0.5, 0.6) is 0 Å². The summed E-state index contributed by atoms with van der Waals surface area (Å²) in [5, 5.41) is 28.6. The highest BCUT2D eigenvalue weighted by Gasteiger charge is 2.53. The van der Waals surface area contributed by atoms with Crippen molar-refractivity contribution in [1.82, 2.24) is 25.3 Å². The van der Waals surface area contributed by atoms with Gasteiger partial charge in [-0.25, -0.2) is 0 Å². The first kappa shape index (κ1) is 25.0. The third-order valence-corrected chi connectivity index (χ3v) is 7.00. The second-order valence-electron chi connectivity index (χ2n) is 9.85. The van der Waals surface area contributed by atoms with E-state index in [4.69, 9.17) is 9.63 Å². The number of nitrogens with zero attached hydrogens (tertiary/aromatic N) is 4. The normalized spacial score (nSPS) is 16.5. The lowest BCUT2D eigenvalue weighted by Crippen LogP contribution is -2.63. The number of carbonyl (C=O) groups excluding carboxylic acids is 1. The number of hydrogen-bond donors (Lipinski definition) is 3. The number of likely N-dealkylation sites (N-methyl/N-ethyl adjacent to an activating group) is 1. The van der Waals surface area contributed by atoms with Crippen LogP contribution in [0.25, 0.3) is 11.4 Å². The Morgan fingerprint density at radius 1 is 1.23 bits per heavy atom. The number of benzene rings is 1. The molecule has 0 unspecified atom stereocenters. The van der Waals surface area contributed by atoms with Crippen molar-refractivity contribution >= 4 is 5.91 Å². The summed E-state index contributed by atoms with van der Waals surface area (Å²) in [6, 6.07) is 10.0. The maximum absolute atomic E-state index is 12.3. The van der Waals surface area contributed by atoms with Crippen LogP contribution in [0.4, 0.5) is 0 Å². The summed E-state index contributed by atoms with van der Waals surface area (Å²) in [5.74, 6) is 0.760. The summed E-state index contributed by atoms with van der Waals surface area (Å²) in [6.45, 7) is 7.51. The number of pyridine rings is 1. The summed E-state index contributed by atoms with van der Waals surface area (Å²) in [6.07, 6.45) is 3.70. The molecule has 3 aromatic rings. The molecule has 1 saturated heterocycles. The van der Waals surface area contributed by atoms with Gasteiger partial charge in [0.25, 0.3) is 0 Å². The van der Waals surface area contributed by atoms with Crippen LogP contribution in [0, 0.1) is 5.41 Å². The van der Waals surface area contributed by atoms with Gasteiger partial charge < -0.3 is 25.0 Å². The zero-order valence-electron chi connectivity index (χ0n) is 20.7. The van der Waals surface area contributed by atoms with Gasteiger partial charge in [-0.3, -0.25) is 9.78 Å². The van der Waals surface area contributed by atoms with Crippen LogP contribution in [0.1, 0.15) is 49.3 Å². The number of aliphatic hydroxyl groups is 2. The molecule has 1 aromatic carbocycles. The van der Waals surface area contributed by atoms with Gasteiger partial charge in [-0.1, -0.05) is 50.2 Å². The Morgan fingerprint density at radius 2 is 1.94 bits per heavy atom. The van der Waals surface area contributed by atoms with Crippen LogP contribution in [0.2, 0.25) is 0 Å². The number of nitrogens with one attached hydrogen (secondary N) is 1. The lowest BCUT2D eigenvalue weighted by molar-refractivity contribution is -0.132. The molecule has 1 aliphatic rings. The fraction of sp³-hybridized carbons (Fsp3) is 0.462. The molecule has 2 aromatic heterocycles. The van der Waals surface area contributed by atoms with E-state index in [1.165, 1.54) is 10.5 Å². The second kappa shape index (κ2) is 9.85. The average molecular weight is 480 g/mol. The van der Waals surface area contributed by atoms with Crippen LogP contribution >= 0.6 is 0 Å². The molecule has 0 bridgehead atoms. The van der Waals surface area contributed by atoms with E-state index < -0.39 is 17.6 Å². The van der Waals surface area contributed by atoms with Crippen molar-refractivity contribution in [2.24, 2.45) is 5.41 Å². The highest BCUT2D eigenvalue weighted by Crippen LogP contribution is 2.48. The first-order valence-electron chi connectivity index (χ1n) is 11.8. The SMILES string of the molecule is CC(C)c1ccc([C@](O)(c2cncc(-c3noc(CCN(C)C(=O)CO)n3)c2)C2(C)CNC2)cc1. The molecule has 3 heterocycles. The second-order valence-corrected chi connectivity index (χ2v) is 9.85. The predicted molar refractivity (Wildman–Crippen MR) is 130 cm³/mol. The number of hydrogen-bond acceptors (Lipinski definition) is 8. The number of amides is 1. The monoisotopic (exact) mass is 479 g/mol. The minimum absolute atomic E-state index is 0.344. The molecule has 3 N–H and O–H groups in total. The minimum atomic E-state index is -1.27. The number of aromatic nitrogens is 3. The Labute approximate surface area is 205 Å². The molecular weight excluding hydrogens is 446 g/mol. The van der Waals surface area contributed by atoms with E-state index in [1.807, 2.05) is 18.2 Å². The molecule has 4 rings (SSSR count). The topological polar surface area (TPSA) is 125 Å². The van der Waals surface area contributed by atoms with E-state index in [0.717, 1.165) is 5.56 Å². The Bertz CT molecular complexity index is 1170. The molecule has 1 amide bonds. The van der Waals surface area contributed by atoms with Crippen LogP contribution in [0.3, 0.4) is 0 Å². The molecule has 186 valence electrons. The van der Waals surface area contributed by atoms with Crippen LogP contribution in [0.15, 0.2) is 47.2 Å². The quantitative estimate of drug-likeness (QED) is 0.426. The van der Waals surface area contributed by atoms with E-state index >= 15 is 0 Å². The molecule has 9 nitrogen and oxygen atoms in total. The first-order valence-corrected chi connectivity index (χ1v) is 11.8. The summed E-state index contributed by atoms with van der Waals surface area (Å²) in [5.41, 5.74) is 1.64. The van der Waals surface area contributed by atoms with Gasteiger partial charge in [-0.2, -0.15) is 4.98 Å². The molecule has 0 saturated carbocycles. The van der Waals surface area contributed by atoms with Crippen LogP contribution in [-0.2, 0) is 16.8 Å². The van der Waals surface area contributed by atoms with Crippen LogP contribution in [-0.4, -0.2) is 69.4 Å².